The number of nitriles is 1. The molecule has 6 nitrogen and oxygen atoms in total. The lowest BCUT2D eigenvalue weighted by Gasteiger charge is -2.15. The van der Waals surface area contributed by atoms with Gasteiger partial charge in [0.15, 0.2) is 5.82 Å². The SMILES string of the molecule is N#Cc1ccc(-c2cc(-c3ccccc3-c3cccnc3)nc(-c3cc(-c4ccc5oc6ccccc6c5c4)cc(-c4ccc5oc6ccccc6c5c4)c3)n2)cc1. The zero-order valence-electron chi connectivity index (χ0n) is 30.9. The Bertz CT molecular complexity index is 3280. The summed E-state index contributed by atoms with van der Waals surface area (Å²) in [6.45, 7) is 0. The van der Waals surface area contributed by atoms with Gasteiger partial charge in [-0.15, -0.1) is 0 Å². The summed E-state index contributed by atoms with van der Waals surface area (Å²) in [7, 11) is 0. The molecule has 0 aliphatic rings. The molecule has 0 spiro atoms. The quantitative estimate of drug-likeness (QED) is 0.168. The van der Waals surface area contributed by atoms with Crippen molar-refractivity contribution < 1.29 is 8.83 Å². The highest BCUT2D eigenvalue weighted by Gasteiger charge is 2.18. The Kier molecular flexibility index (Phi) is 7.76. The summed E-state index contributed by atoms with van der Waals surface area (Å²) in [5.41, 5.74) is 14.3. The van der Waals surface area contributed by atoms with Gasteiger partial charge in [-0.05, 0) is 107 Å². The molecule has 0 fully saturated rings. The van der Waals surface area contributed by atoms with Gasteiger partial charge in [-0.3, -0.25) is 4.98 Å². The number of rotatable bonds is 6. The van der Waals surface area contributed by atoms with Crippen molar-refractivity contribution in [2.75, 3.05) is 0 Å². The molecule has 0 unspecified atom stereocenters. The molecule has 0 aliphatic carbocycles. The molecule has 0 radical (unpaired) electrons. The van der Waals surface area contributed by atoms with Crippen LogP contribution in [-0.4, -0.2) is 15.0 Å². The molecular weight excluding hydrogens is 713 g/mol. The zero-order valence-corrected chi connectivity index (χ0v) is 30.9. The van der Waals surface area contributed by atoms with Gasteiger partial charge in [-0.2, -0.15) is 5.26 Å². The number of fused-ring (bicyclic) bond motifs is 6. The Morgan fingerprint density at radius 3 is 1.57 bits per heavy atom. The van der Waals surface area contributed by atoms with E-state index in [9.17, 15) is 5.26 Å². The van der Waals surface area contributed by atoms with Crippen LogP contribution in [0.15, 0.2) is 191 Å². The molecule has 0 amide bonds. The van der Waals surface area contributed by atoms with E-state index in [-0.39, 0.29) is 0 Å². The fourth-order valence-corrected chi connectivity index (χ4v) is 7.96. The minimum absolute atomic E-state index is 0.575. The van der Waals surface area contributed by atoms with Crippen molar-refractivity contribution in [2.45, 2.75) is 0 Å². The Hall–Kier alpha value is -8.14. The highest BCUT2D eigenvalue weighted by molar-refractivity contribution is 6.07. The molecule has 0 bridgehead atoms. The molecule has 0 saturated carbocycles. The van der Waals surface area contributed by atoms with Gasteiger partial charge in [0.2, 0.25) is 0 Å². The minimum Gasteiger partial charge on any atom is -0.456 e. The first-order valence-corrected chi connectivity index (χ1v) is 19.0. The molecule has 0 saturated heterocycles. The van der Waals surface area contributed by atoms with E-state index in [0.717, 1.165) is 105 Å². The maximum absolute atomic E-state index is 9.57. The second-order valence-corrected chi connectivity index (χ2v) is 14.4. The molecule has 6 heteroatoms. The fourth-order valence-electron chi connectivity index (χ4n) is 7.96. The average molecular weight is 743 g/mol. The number of aromatic nitrogens is 3. The van der Waals surface area contributed by atoms with Crippen LogP contribution < -0.4 is 0 Å². The van der Waals surface area contributed by atoms with Crippen molar-refractivity contribution in [1.29, 1.82) is 5.26 Å². The lowest BCUT2D eigenvalue weighted by Crippen LogP contribution is -1.98. The van der Waals surface area contributed by atoms with Gasteiger partial charge in [0.1, 0.15) is 22.3 Å². The fraction of sp³-hybridized carbons (Fsp3) is 0. The van der Waals surface area contributed by atoms with E-state index in [1.807, 2.05) is 91.1 Å². The maximum Gasteiger partial charge on any atom is 0.160 e. The lowest BCUT2D eigenvalue weighted by atomic mass is 9.94. The van der Waals surface area contributed by atoms with Crippen molar-refractivity contribution >= 4 is 43.9 Å². The molecule has 4 heterocycles. The number of hydrogen-bond donors (Lipinski definition) is 0. The summed E-state index contributed by atoms with van der Waals surface area (Å²) in [5.74, 6) is 0.575. The molecule has 58 heavy (non-hydrogen) atoms. The second-order valence-electron chi connectivity index (χ2n) is 14.4. The van der Waals surface area contributed by atoms with E-state index >= 15 is 0 Å². The van der Waals surface area contributed by atoms with E-state index in [1.165, 1.54) is 0 Å². The van der Waals surface area contributed by atoms with Crippen LogP contribution in [0.1, 0.15) is 5.56 Å². The number of hydrogen-bond acceptors (Lipinski definition) is 6. The first-order chi connectivity index (χ1) is 28.6. The van der Waals surface area contributed by atoms with Crippen molar-refractivity contribution in [3.63, 3.8) is 0 Å². The number of benzene rings is 7. The second kappa shape index (κ2) is 13.6. The monoisotopic (exact) mass is 742 g/mol. The van der Waals surface area contributed by atoms with Gasteiger partial charge >= 0.3 is 0 Å². The van der Waals surface area contributed by atoms with E-state index in [1.54, 1.807) is 6.20 Å². The lowest BCUT2D eigenvalue weighted by molar-refractivity contribution is 0.668. The molecule has 11 rings (SSSR count). The van der Waals surface area contributed by atoms with Crippen molar-refractivity contribution in [3.05, 3.63) is 188 Å². The van der Waals surface area contributed by atoms with Crippen LogP contribution in [0, 0.1) is 11.3 Å². The van der Waals surface area contributed by atoms with Crippen LogP contribution in [0.25, 0.3) is 111 Å². The van der Waals surface area contributed by atoms with Crippen LogP contribution >= 0.6 is 0 Å². The van der Waals surface area contributed by atoms with Crippen LogP contribution in [-0.2, 0) is 0 Å². The maximum atomic E-state index is 9.57. The topological polar surface area (TPSA) is 88.7 Å². The molecule has 0 aliphatic heterocycles. The Balaban J connectivity index is 1.15. The summed E-state index contributed by atoms with van der Waals surface area (Å²) in [4.78, 5) is 15.0. The standard InChI is InChI=1S/C52H30N4O2/c53-30-32-15-17-33(18-16-32)46-29-47(41-10-2-1-9-40(41)36-8-7-23-54-31-36)56-52(55-46)39-25-37(34-19-21-50-44(27-34)42-11-3-5-13-48(42)57-50)24-38(26-39)35-20-22-51-45(28-35)43-12-4-6-14-49(43)58-51/h1-29,31H. The van der Waals surface area contributed by atoms with Crippen molar-refractivity contribution in [1.82, 2.24) is 15.0 Å². The summed E-state index contributed by atoms with van der Waals surface area (Å²) in [6.07, 6.45) is 3.65. The first kappa shape index (κ1) is 33.2. The molecule has 4 aromatic heterocycles. The van der Waals surface area contributed by atoms with E-state index in [4.69, 9.17) is 18.8 Å². The van der Waals surface area contributed by atoms with Gasteiger partial charge in [0.05, 0.1) is 23.0 Å². The molecular formula is C52H30N4O2. The number of nitrogens with zero attached hydrogens (tertiary/aromatic N) is 4. The highest BCUT2D eigenvalue weighted by Crippen LogP contribution is 2.40. The van der Waals surface area contributed by atoms with Gasteiger partial charge in [-0.25, -0.2) is 9.97 Å². The molecule has 270 valence electrons. The highest BCUT2D eigenvalue weighted by atomic mass is 16.3. The summed E-state index contributed by atoms with van der Waals surface area (Å²) >= 11 is 0. The Morgan fingerprint density at radius 2 is 0.948 bits per heavy atom. The summed E-state index contributed by atoms with van der Waals surface area (Å²) in [6, 6.07) is 59.7. The minimum atomic E-state index is 0.575. The van der Waals surface area contributed by atoms with E-state index < -0.39 is 0 Å². The van der Waals surface area contributed by atoms with E-state index in [2.05, 4.69) is 96.0 Å². The molecule has 11 aromatic rings. The predicted octanol–water partition coefficient (Wildman–Crippen LogP) is 13.5. The third kappa shape index (κ3) is 5.78. The normalized spacial score (nSPS) is 11.4. The van der Waals surface area contributed by atoms with Gasteiger partial charge < -0.3 is 8.83 Å². The third-order valence-corrected chi connectivity index (χ3v) is 10.8. The van der Waals surface area contributed by atoms with Crippen molar-refractivity contribution in [2.24, 2.45) is 0 Å². The Labute approximate surface area is 333 Å². The third-order valence-electron chi connectivity index (χ3n) is 10.8. The zero-order chi connectivity index (χ0) is 38.6. The average Bonchev–Trinajstić information content (AvgIpc) is 3.87. The molecule has 7 aromatic carbocycles. The van der Waals surface area contributed by atoms with Crippen molar-refractivity contribution in [3.8, 4) is 73.4 Å². The number of pyridine rings is 1. The van der Waals surface area contributed by atoms with Crippen LogP contribution in [0.5, 0.6) is 0 Å². The van der Waals surface area contributed by atoms with Crippen LogP contribution in [0.2, 0.25) is 0 Å². The summed E-state index contributed by atoms with van der Waals surface area (Å²) < 4.78 is 12.4. The largest absolute Gasteiger partial charge is 0.456 e. The van der Waals surface area contributed by atoms with E-state index in [0.29, 0.717) is 11.4 Å². The van der Waals surface area contributed by atoms with Crippen LogP contribution in [0.3, 0.4) is 0 Å². The number of furan rings is 2. The Morgan fingerprint density at radius 1 is 0.397 bits per heavy atom. The molecule has 0 atom stereocenters. The van der Waals surface area contributed by atoms with Gasteiger partial charge in [-0.1, -0.05) is 91.0 Å². The molecule has 0 N–H and O–H groups in total. The number of para-hydroxylation sites is 2. The van der Waals surface area contributed by atoms with Crippen LogP contribution in [0.4, 0.5) is 0 Å². The van der Waals surface area contributed by atoms with Gasteiger partial charge in [0, 0.05) is 56.2 Å². The summed E-state index contributed by atoms with van der Waals surface area (Å²) in [5, 5.41) is 13.8. The first-order valence-electron chi connectivity index (χ1n) is 19.0. The smallest absolute Gasteiger partial charge is 0.160 e. The van der Waals surface area contributed by atoms with Gasteiger partial charge in [0.25, 0.3) is 0 Å². The predicted molar refractivity (Wildman–Crippen MR) is 232 cm³/mol.